The molecule has 1 aromatic carbocycles. The molecule has 3 aromatic rings. The van der Waals surface area contributed by atoms with E-state index in [4.69, 9.17) is 4.74 Å². The average Bonchev–Trinajstić information content (AvgIpc) is 2.83. The van der Waals surface area contributed by atoms with E-state index in [1.54, 1.807) is 11.6 Å². The lowest BCUT2D eigenvalue weighted by atomic mass is 10.1. The van der Waals surface area contributed by atoms with Crippen molar-refractivity contribution in [2.75, 3.05) is 7.11 Å². The molecule has 2 heterocycles. The second-order valence-electron chi connectivity index (χ2n) is 4.18. The molecule has 19 heavy (non-hydrogen) atoms. The topological polar surface area (TPSA) is 39.4 Å². The molecular weight excluding hydrogens is 306 g/mol. The van der Waals surface area contributed by atoms with Crippen LogP contribution in [0.1, 0.15) is 11.4 Å². The van der Waals surface area contributed by atoms with Gasteiger partial charge in [-0.2, -0.15) is 5.10 Å². The lowest BCUT2D eigenvalue weighted by Crippen LogP contribution is -1.92. The highest BCUT2D eigenvalue weighted by molar-refractivity contribution is 9.10. The molecular formula is C14H12BrN3O. The fourth-order valence-corrected chi connectivity index (χ4v) is 2.21. The van der Waals surface area contributed by atoms with Crippen LogP contribution in [0.3, 0.4) is 0 Å². The van der Waals surface area contributed by atoms with Crippen molar-refractivity contribution >= 4 is 21.6 Å². The Morgan fingerprint density at radius 3 is 2.74 bits per heavy atom. The second-order valence-corrected chi connectivity index (χ2v) is 5.09. The van der Waals surface area contributed by atoms with Crippen LogP contribution < -0.4 is 4.74 Å². The Hall–Kier alpha value is -1.88. The van der Waals surface area contributed by atoms with Crippen molar-refractivity contribution in [2.24, 2.45) is 0 Å². The van der Waals surface area contributed by atoms with Crippen molar-refractivity contribution in [1.29, 1.82) is 0 Å². The third-order valence-electron chi connectivity index (χ3n) is 2.87. The first-order valence-corrected chi connectivity index (χ1v) is 6.68. The summed E-state index contributed by atoms with van der Waals surface area (Å²) in [4.78, 5) is 4.52. The van der Waals surface area contributed by atoms with E-state index in [0.29, 0.717) is 6.42 Å². The van der Waals surface area contributed by atoms with Gasteiger partial charge in [0.1, 0.15) is 0 Å². The Morgan fingerprint density at radius 2 is 2.00 bits per heavy atom. The molecule has 5 heteroatoms. The van der Waals surface area contributed by atoms with Gasteiger partial charge in [-0.3, -0.25) is 0 Å². The van der Waals surface area contributed by atoms with E-state index in [1.807, 2.05) is 30.5 Å². The lowest BCUT2D eigenvalue weighted by Gasteiger charge is -1.98. The summed E-state index contributed by atoms with van der Waals surface area (Å²) >= 11 is 3.43. The van der Waals surface area contributed by atoms with Gasteiger partial charge in [0, 0.05) is 17.1 Å². The molecule has 0 aliphatic carbocycles. The van der Waals surface area contributed by atoms with Crippen LogP contribution in [0.4, 0.5) is 0 Å². The molecule has 0 N–H and O–H groups in total. The van der Waals surface area contributed by atoms with E-state index in [0.717, 1.165) is 21.7 Å². The quantitative estimate of drug-likeness (QED) is 0.745. The van der Waals surface area contributed by atoms with Gasteiger partial charge in [0.15, 0.2) is 17.2 Å². The van der Waals surface area contributed by atoms with Gasteiger partial charge in [-0.15, -0.1) is 0 Å². The third-order valence-corrected chi connectivity index (χ3v) is 3.39. The summed E-state index contributed by atoms with van der Waals surface area (Å²) in [5.74, 6) is 1.52. The maximum absolute atomic E-state index is 5.28. The van der Waals surface area contributed by atoms with Crippen molar-refractivity contribution < 1.29 is 4.74 Å². The fraction of sp³-hybridized carbons (Fsp3) is 0.143. The number of pyridine rings is 1. The first kappa shape index (κ1) is 12.2. The largest absolute Gasteiger partial charge is 0.493 e. The van der Waals surface area contributed by atoms with E-state index < -0.39 is 0 Å². The molecule has 0 saturated heterocycles. The number of hydrogen-bond acceptors (Lipinski definition) is 3. The Labute approximate surface area is 119 Å². The van der Waals surface area contributed by atoms with Gasteiger partial charge in [-0.1, -0.05) is 28.1 Å². The summed E-state index contributed by atoms with van der Waals surface area (Å²) in [5.41, 5.74) is 1.93. The van der Waals surface area contributed by atoms with Crippen LogP contribution in [0.15, 0.2) is 47.1 Å². The predicted molar refractivity (Wildman–Crippen MR) is 76.5 cm³/mol. The molecule has 3 rings (SSSR count). The molecule has 0 aliphatic heterocycles. The van der Waals surface area contributed by atoms with Crippen molar-refractivity contribution in [3.05, 3.63) is 58.5 Å². The molecule has 2 aromatic heterocycles. The highest BCUT2D eigenvalue weighted by atomic mass is 79.9. The zero-order valence-corrected chi connectivity index (χ0v) is 12.0. The summed E-state index contributed by atoms with van der Waals surface area (Å²) in [6.07, 6.45) is 2.58. The van der Waals surface area contributed by atoms with Gasteiger partial charge in [-0.05, 0) is 29.8 Å². The first-order chi connectivity index (χ1) is 9.26. The van der Waals surface area contributed by atoms with Crippen LogP contribution in [0.2, 0.25) is 0 Å². The minimum Gasteiger partial charge on any atom is -0.493 e. The number of nitrogens with zero attached hydrogens (tertiary/aromatic N) is 3. The maximum Gasteiger partial charge on any atom is 0.198 e. The van der Waals surface area contributed by atoms with Crippen molar-refractivity contribution in [3.8, 4) is 5.75 Å². The van der Waals surface area contributed by atoms with Crippen molar-refractivity contribution in [3.63, 3.8) is 0 Å². The summed E-state index contributed by atoms with van der Waals surface area (Å²) < 4.78 is 8.09. The molecule has 0 radical (unpaired) electrons. The van der Waals surface area contributed by atoms with Crippen LogP contribution in [0, 0.1) is 0 Å². The van der Waals surface area contributed by atoms with Crippen molar-refractivity contribution in [1.82, 2.24) is 14.6 Å². The van der Waals surface area contributed by atoms with E-state index in [9.17, 15) is 0 Å². The van der Waals surface area contributed by atoms with Gasteiger partial charge in [0.25, 0.3) is 0 Å². The number of benzene rings is 1. The first-order valence-electron chi connectivity index (χ1n) is 5.89. The molecule has 0 atom stereocenters. The Morgan fingerprint density at radius 1 is 1.21 bits per heavy atom. The SMILES string of the molecule is COc1cccn2nc(Cc3ccc(Br)cc3)nc12. The third kappa shape index (κ3) is 2.46. The van der Waals surface area contributed by atoms with Crippen LogP contribution in [0.5, 0.6) is 5.75 Å². The average molecular weight is 318 g/mol. The Bertz CT molecular complexity index is 706. The Kier molecular flexibility index (Phi) is 3.21. The number of hydrogen-bond donors (Lipinski definition) is 0. The number of ether oxygens (including phenoxy) is 1. The number of rotatable bonds is 3. The minimum absolute atomic E-state index is 0.706. The summed E-state index contributed by atoms with van der Waals surface area (Å²) in [6.45, 7) is 0. The molecule has 0 spiro atoms. The van der Waals surface area contributed by atoms with E-state index in [-0.39, 0.29) is 0 Å². The highest BCUT2D eigenvalue weighted by Crippen LogP contribution is 2.18. The molecule has 0 unspecified atom stereocenters. The standard InChI is InChI=1S/C14H12BrN3O/c1-19-12-3-2-8-18-14(12)16-13(17-18)9-10-4-6-11(15)7-5-10/h2-8H,9H2,1H3. The van der Waals surface area contributed by atoms with Gasteiger partial charge in [0.2, 0.25) is 0 Å². The van der Waals surface area contributed by atoms with Gasteiger partial charge < -0.3 is 4.74 Å². The van der Waals surface area contributed by atoms with Gasteiger partial charge >= 0.3 is 0 Å². The van der Waals surface area contributed by atoms with Crippen LogP contribution in [0.25, 0.3) is 5.65 Å². The molecule has 0 fully saturated rings. The molecule has 96 valence electrons. The van der Waals surface area contributed by atoms with Gasteiger partial charge in [0.05, 0.1) is 7.11 Å². The Balaban J connectivity index is 1.95. The number of fused-ring (bicyclic) bond motifs is 1. The smallest absolute Gasteiger partial charge is 0.198 e. The molecule has 0 bridgehead atoms. The minimum atomic E-state index is 0.706. The number of halogens is 1. The lowest BCUT2D eigenvalue weighted by molar-refractivity contribution is 0.416. The monoisotopic (exact) mass is 317 g/mol. The number of aromatic nitrogens is 3. The zero-order chi connectivity index (χ0) is 13.2. The number of methoxy groups -OCH3 is 1. The molecule has 4 nitrogen and oxygen atoms in total. The fourth-order valence-electron chi connectivity index (χ4n) is 1.95. The van der Waals surface area contributed by atoms with Crippen LogP contribution >= 0.6 is 15.9 Å². The summed E-state index contributed by atoms with van der Waals surface area (Å²) in [5, 5.41) is 4.45. The van der Waals surface area contributed by atoms with Crippen LogP contribution in [-0.2, 0) is 6.42 Å². The second kappa shape index (κ2) is 5.01. The van der Waals surface area contributed by atoms with E-state index in [1.165, 1.54) is 5.56 Å². The van der Waals surface area contributed by atoms with Gasteiger partial charge in [-0.25, -0.2) is 9.50 Å². The molecule has 0 saturated carbocycles. The highest BCUT2D eigenvalue weighted by Gasteiger charge is 2.08. The summed E-state index contributed by atoms with van der Waals surface area (Å²) in [7, 11) is 1.64. The van der Waals surface area contributed by atoms with E-state index >= 15 is 0 Å². The normalized spacial score (nSPS) is 10.8. The van der Waals surface area contributed by atoms with Crippen molar-refractivity contribution in [2.45, 2.75) is 6.42 Å². The maximum atomic E-state index is 5.28. The molecule has 0 aliphatic rings. The van der Waals surface area contributed by atoms with Crippen LogP contribution in [-0.4, -0.2) is 21.7 Å². The molecule has 0 amide bonds. The summed E-state index contributed by atoms with van der Waals surface area (Å²) in [6, 6.07) is 11.9. The van der Waals surface area contributed by atoms with E-state index in [2.05, 4.69) is 38.1 Å². The predicted octanol–water partition coefficient (Wildman–Crippen LogP) is 3.09. The zero-order valence-electron chi connectivity index (χ0n) is 10.4.